The number of thioether (sulfide) groups is 1. The summed E-state index contributed by atoms with van der Waals surface area (Å²) in [5.74, 6) is 2.10. The van der Waals surface area contributed by atoms with Gasteiger partial charge in [0.1, 0.15) is 17.5 Å². The topological polar surface area (TPSA) is 71.5 Å². The first-order valence-corrected chi connectivity index (χ1v) is 10.7. The van der Waals surface area contributed by atoms with E-state index >= 15 is 0 Å². The molecular weight excluding hydrogens is 398 g/mol. The molecule has 1 aromatic heterocycles. The fourth-order valence-electron chi connectivity index (χ4n) is 3.21. The van der Waals surface area contributed by atoms with E-state index in [0.29, 0.717) is 34.4 Å². The zero-order valence-corrected chi connectivity index (χ0v) is 17.3. The average molecular weight is 420 g/mol. The second kappa shape index (κ2) is 9.00. The van der Waals surface area contributed by atoms with Gasteiger partial charge in [-0.15, -0.1) is 11.8 Å². The Kier molecular flexibility index (Phi) is 5.99. The molecule has 0 radical (unpaired) electrons. The maximum atomic E-state index is 12.9. The summed E-state index contributed by atoms with van der Waals surface area (Å²) in [5.41, 5.74) is 2.14. The van der Waals surface area contributed by atoms with Gasteiger partial charge in [-0.05, 0) is 55.0 Å². The third-order valence-electron chi connectivity index (χ3n) is 4.77. The molecular formula is C23H21N3O3S. The van der Waals surface area contributed by atoms with Crippen molar-refractivity contribution in [2.24, 2.45) is 0 Å². The van der Waals surface area contributed by atoms with Crippen molar-refractivity contribution in [3.8, 4) is 11.5 Å². The van der Waals surface area contributed by atoms with Crippen LogP contribution in [0.2, 0.25) is 0 Å². The molecule has 0 spiro atoms. The van der Waals surface area contributed by atoms with Crippen LogP contribution in [0.3, 0.4) is 0 Å². The number of aromatic nitrogens is 1. The molecule has 3 aromatic rings. The van der Waals surface area contributed by atoms with Crippen LogP contribution >= 0.6 is 11.8 Å². The van der Waals surface area contributed by atoms with Crippen LogP contribution in [0.15, 0.2) is 73.1 Å². The van der Waals surface area contributed by atoms with Gasteiger partial charge in [-0.1, -0.05) is 18.2 Å². The highest BCUT2D eigenvalue weighted by Crippen LogP contribution is 2.28. The molecule has 2 amide bonds. The standard InChI is InChI=1S/C23H21N3O3S/c1-16-12-18(9-10-21(16)29-19-8-5-11-24-13-19)25-22(27)20-14-30-15-26(20)23(28)17-6-3-2-4-7-17/h2-13,20H,14-15H2,1H3,(H,25,27). The van der Waals surface area contributed by atoms with Crippen LogP contribution < -0.4 is 10.1 Å². The van der Waals surface area contributed by atoms with E-state index in [1.165, 1.54) is 0 Å². The minimum absolute atomic E-state index is 0.128. The van der Waals surface area contributed by atoms with Crippen LogP contribution in [-0.2, 0) is 4.79 Å². The van der Waals surface area contributed by atoms with Crippen molar-refractivity contribution in [1.29, 1.82) is 0 Å². The monoisotopic (exact) mass is 419 g/mol. The molecule has 1 aliphatic rings. The molecule has 0 saturated carbocycles. The van der Waals surface area contributed by atoms with E-state index in [1.807, 2.05) is 43.3 Å². The van der Waals surface area contributed by atoms with Crippen LogP contribution in [0.25, 0.3) is 0 Å². The number of pyridine rings is 1. The number of amides is 2. The van der Waals surface area contributed by atoms with Gasteiger partial charge in [0.05, 0.1) is 12.1 Å². The Balaban J connectivity index is 1.44. The van der Waals surface area contributed by atoms with Crippen LogP contribution in [0, 0.1) is 6.92 Å². The number of nitrogens with one attached hydrogen (secondary N) is 1. The van der Waals surface area contributed by atoms with E-state index in [1.54, 1.807) is 53.3 Å². The summed E-state index contributed by atoms with van der Waals surface area (Å²) in [6.45, 7) is 1.91. The number of hydrogen-bond acceptors (Lipinski definition) is 5. The molecule has 1 atom stereocenters. The third-order valence-corrected chi connectivity index (χ3v) is 5.78. The van der Waals surface area contributed by atoms with Gasteiger partial charge in [-0.25, -0.2) is 0 Å². The smallest absolute Gasteiger partial charge is 0.255 e. The second-order valence-electron chi connectivity index (χ2n) is 6.92. The minimum atomic E-state index is -0.505. The van der Waals surface area contributed by atoms with Gasteiger partial charge >= 0.3 is 0 Å². The number of hydrogen-bond donors (Lipinski definition) is 1. The molecule has 152 valence electrons. The third kappa shape index (κ3) is 4.46. The summed E-state index contributed by atoms with van der Waals surface area (Å²) in [6, 6.07) is 17.6. The first kappa shape index (κ1) is 20.0. The molecule has 1 unspecified atom stereocenters. The molecule has 30 heavy (non-hydrogen) atoms. The van der Waals surface area contributed by atoms with Crippen molar-refractivity contribution < 1.29 is 14.3 Å². The van der Waals surface area contributed by atoms with Gasteiger partial charge in [0.15, 0.2) is 0 Å². The molecule has 0 aliphatic carbocycles. The number of rotatable bonds is 5. The lowest BCUT2D eigenvalue weighted by atomic mass is 10.1. The van der Waals surface area contributed by atoms with Crippen LogP contribution in [-0.4, -0.2) is 39.4 Å². The van der Waals surface area contributed by atoms with Gasteiger partial charge in [0.2, 0.25) is 5.91 Å². The summed E-state index contributed by atoms with van der Waals surface area (Å²) >= 11 is 1.58. The van der Waals surface area contributed by atoms with Gasteiger partial charge < -0.3 is 15.0 Å². The molecule has 1 fully saturated rings. The SMILES string of the molecule is Cc1cc(NC(=O)C2CSCN2C(=O)c2ccccc2)ccc1Oc1cccnc1. The zero-order valence-electron chi connectivity index (χ0n) is 16.4. The van der Waals surface area contributed by atoms with E-state index in [4.69, 9.17) is 4.74 Å². The lowest BCUT2D eigenvalue weighted by molar-refractivity contribution is -0.119. The van der Waals surface area contributed by atoms with E-state index in [0.717, 1.165) is 5.56 Å². The Morgan fingerprint density at radius 3 is 2.70 bits per heavy atom. The number of carbonyl (C=O) groups excluding carboxylic acids is 2. The van der Waals surface area contributed by atoms with Crippen LogP contribution in [0.4, 0.5) is 5.69 Å². The second-order valence-corrected chi connectivity index (χ2v) is 7.92. The highest BCUT2D eigenvalue weighted by atomic mass is 32.2. The molecule has 1 N–H and O–H groups in total. The quantitative estimate of drug-likeness (QED) is 0.666. The van der Waals surface area contributed by atoms with Crippen LogP contribution in [0.5, 0.6) is 11.5 Å². The molecule has 2 aromatic carbocycles. The Morgan fingerprint density at radius 2 is 1.97 bits per heavy atom. The maximum Gasteiger partial charge on any atom is 0.255 e. The fraction of sp³-hybridized carbons (Fsp3) is 0.174. The van der Waals surface area contributed by atoms with Crippen molar-refractivity contribution >= 4 is 29.3 Å². The minimum Gasteiger partial charge on any atom is -0.455 e. The number of ether oxygens (including phenoxy) is 1. The summed E-state index contributed by atoms with van der Waals surface area (Å²) < 4.78 is 5.83. The highest BCUT2D eigenvalue weighted by molar-refractivity contribution is 7.99. The molecule has 1 aliphatic heterocycles. The van der Waals surface area contributed by atoms with Crippen molar-refractivity contribution in [1.82, 2.24) is 9.88 Å². The molecule has 0 bridgehead atoms. The summed E-state index contributed by atoms with van der Waals surface area (Å²) in [7, 11) is 0. The predicted octanol–water partition coefficient (Wildman–Crippen LogP) is 4.34. The first-order valence-electron chi connectivity index (χ1n) is 9.55. The number of aryl methyl sites for hydroxylation is 1. The summed E-state index contributed by atoms with van der Waals surface area (Å²) in [4.78, 5) is 31.4. The predicted molar refractivity (Wildman–Crippen MR) is 118 cm³/mol. The van der Waals surface area contributed by atoms with Gasteiger partial charge in [0.25, 0.3) is 5.91 Å². The molecule has 1 saturated heterocycles. The number of anilines is 1. The number of nitrogens with zero attached hydrogens (tertiary/aromatic N) is 2. The van der Waals surface area contributed by atoms with Gasteiger partial charge in [-0.2, -0.15) is 0 Å². The number of benzene rings is 2. The Bertz CT molecular complexity index is 1040. The number of carbonyl (C=O) groups is 2. The Morgan fingerprint density at radius 1 is 1.13 bits per heavy atom. The average Bonchev–Trinajstić information content (AvgIpc) is 3.27. The Labute approximate surface area is 179 Å². The summed E-state index contributed by atoms with van der Waals surface area (Å²) in [5, 5.41) is 2.94. The van der Waals surface area contributed by atoms with E-state index in [9.17, 15) is 9.59 Å². The molecule has 6 nitrogen and oxygen atoms in total. The zero-order chi connectivity index (χ0) is 20.9. The van der Waals surface area contributed by atoms with E-state index in [-0.39, 0.29) is 11.8 Å². The molecule has 4 rings (SSSR count). The Hall–Kier alpha value is -3.32. The first-order chi connectivity index (χ1) is 14.6. The molecule has 2 heterocycles. The van der Waals surface area contributed by atoms with Gasteiger partial charge in [0, 0.05) is 23.2 Å². The normalized spacial score (nSPS) is 15.6. The highest BCUT2D eigenvalue weighted by Gasteiger charge is 2.35. The largest absolute Gasteiger partial charge is 0.455 e. The van der Waals surface area contributed by atoms with Crippen molar-refractivity contribution in [2.75, 3.05) is 16.9 Å². The van der Waals surface area contributed by atoms with Crippen molar-refractivity contribution in [3.63, 3.8) is 0 Å². The summed E-state index contributed by atoms with van der Waals surface area (Å²) in [6.07, 6.45) is 3.33. The van der Waals surface area contributed by atoms with E-state index < -0.39 is 6.04 Å². The lowest BCUT2D eigenvalue weighted by Gasteiger charge is -2.23. The fourth-order valence-corrected chi connectivity index (χ4v) is 4.36. The van der Waals surface area contributed by atoms with E-state index in [2.05, 4.69) is 10.3 Å². The maximum absolute atomic E-state index is 12.9. The van der Waals surface area contributed by atoms with Crippen LogP contribution in [0.1, 0.15) is 15.9 Å². The van der Waals surface area contributed by atoms with Crippen molar-refractivity contribution in [2.45, 2.75) is 13.0 Å². The lowest BCUT2D eigenvalue weighted by Crippen LogP contribution is -2.44. The van der Waals surface area contributed by atoms with Gasteiger partial charge in [-0.3, -0.25) is 14.6 Å². The van der Waals surface area contributed by atoms with Crippen molar-refractivity contribution in [3.05, 3.63) is 84.2 Å². The molecule has 7 heteroatoms.